The van der Waals surface area contributed by atoms with Gasteiger partial charge in [0.05, 0.1) is 0 Å². The normalized spacial score (nSPS) is 17.8. The molecular formula is C12H16ClNO3. The summed E-state index contributed by atoms with van der Waals surface area (Å²) < 4.78 is 5.13. The summed E-state index contributed by atoms with van der Waals surface area (Å²) in [7, 11) is 0. The van der Waals surface area contributed by atoms with Gasteiger partial charge >= 0.3 is 5.97 Å². The SMILES string of the molecule is Cl.N[C@H]1CCc2ccc(OCC(=O)O)cc2C1. The monoisotopic (exact) mass is 257 g/mol. The maximum absolute atomic E-state index is 10.4. The van der Waals surface area contributed by atoms with Crippen LogP contribution in [0.1, 0.15) is 17.5 Å². The first-order chi connectivity index (χ1) is 7.65. The molecule has 0 aliphatic heterocycles. The lowest BCUT2D eigenvalue weighted by atomic mass is 9.89. The number of benzene rings is 1. The summed E-state index contributed by atoms with van der Waals surface area (Å²) in [5, 5.41) is 8.51. The molecule has 0 amide bonds. The number of carbonyl (C=O) groups is 1. The second-order valence-corrected chi connectivity index (χ2v) is 4.12. The fourth-order valence-corrected chi connectivity index (χ4v) is 2.00. The second-order valence-electron chi connectivity index (χ2n) is 4.12. The second kappa shape index (κ2) is 5.89. The predicted molar refractivity (Wildman–Crippen MR) is 66.8 cm³/mol. The number of aryl methyl sites for hydroxylation is 1. The van der Waals surface area contributed by atoms with Crippen LogP contribution in [0.5, 0.6) is 5.75 Å². The van der Waals surface area contributed by atoms with Crippen LogP contribution in [0, 0.1) is 0 Å². The molecule has 0 fully saturated rings. The van der Waals surface area contributed by atoms with Crippen molar-refractivity contribution in [3.05, 3.63) is 29.3 Å². The predicted octanol–water partition coefficient (Wildman–Crippen LogP) is 1.39. The van der Waals surface area contributed by atoms with Gasteiger partial charge in [-0.1, -0.05) is 6.07 Å². The first-order valence-corrected chi connectivity index (χ1v) is 5.37. The van der Waals surface area contributed by atoms with Crippen molar-refractivity contribution in [2.24, 2.45) is 5.73 Å². The van der Waals surface area contributed by atoms with Crippen LogP contribution in [0.2, 0.25) is 0 Å². The summed E-state index contributed by atoms with van der Waals surface area (Å²) in [6.07, 6.45) is 2.86. The van der Waals surface area contributed by atoms with Crippen molar-refractivity contribution in [3.8, 4) is 5.75 Å². The Morgan fingerprint density at radius 3 is 2.94 bits per heavy atom. The van der Waals surface area contributed by atoms with Gasteiger partial charge in [0.2, 0.25) is 0 Å². The number of rotatable bonds is 3. The Balaban J connectivity index is 0.00000144. The topological polar surface area (TPSA) is 72.5 Å². The van der Waals surface area contributed by atoms with E-state index in [4.69, 9.17) is 15.6 Å². The Morgan fingerprint density at radius 2 is 2.24 bits per heavy atom. The molecule has 0 saturated heterocycles. The first kappa shape index (κ1) is 13.8. The van der Waals surface area contributed by atoms with E-state index in [1.54, 1.807) is 0 Å². The molecular weight excluding hydrogens is 242 g/mol. The van der Waals surface area contributed by atoms with E-state index in [0.717, 1.165) is 19.3 Å². The van der Waals surface area contributed by atoms with Crippen molar-refractivity contribution in [3.63, 3.8) is 0 Å². The molecule has 94 valence electrons. The number of nitrogens with two attached hydrogens (primary N) is 1. The summed E-state index contributed by atoms with van der Waals surface area (Å²) in [4.78, 5) is 10.4. The van der Waals surface area contributed by atoms with Gasteiger partial charge in [0.25, 0.3) is 0 Å². The highest BCUT2D eigenvalue weighted by Crippen LogP contribution is 2.24. The number of halogens is 1. The van der Waals surface area contributed by atoms with E-state index in [1.807, 2.05) is 18.2 Å². The van der Waals surface area contributed by atoms with Crippen LogP contribution in [-0.4, -0.2) is 23.7 Å². The van der Waals surface area contributed by atoms with E-state index in [2.05, 4.69) is 0 Å². The zero-order chi connectivity index (χ0) is 11.5. The number of carboxylic acid groups (broad SMARTS) is 1. The molecule has 3 N–H and O–H groups in total. The molecule has 5 heteroatoms. The van der Waals surface area contributed by atoms with Crippen molar-refractivity contribution in [1.29, 1.82) is 0 Å². The van der Waals surface area contributed by atoms with Crippen LogP contribution >= 0.6 is 12.4 Å². The Bertz CT molecular complexity index is 409. The van der Waals surface area contributed by atoms with E-state index < -0.39 is 5.97 Å². The van der Waals surface area contributed by atoms with Crippen LogP contribution in [-0.2, 0) is 17.6 Å². The zero-order valence-corrected chi connectivity index (χ0v) is 10.2. The van der Waals surface area contributed by atoms with Gasteiger partial charge in [-0.3, -0.25) is 0 Å². The highest BCUT2D eigenvalue weighted by Gasteiger charge is 2.15. The maximum Gasteiger partial charge on any atom is 0.341 e. The molecule has 0 saturated carbocycles. The molecule has 2 rings (SSSR count). The third-order valence-corrected chi connectivity index (χ3v) is 2.81. The fourth-order valence-electron chi connectivity index (χ4n) is 2.00. The number of aliphatic carboxylic acids is 1. The number of carboxylic acids is 1. The average molecular weight is 258 g/mol. The Kier molecular flexibility index (Phi) is 4.78. The van der Waals surface area contributed by atoms with Crippen LogP contribution in [0.15, 0.2) is 18.2 Å². The minimum atomic E-state index is -0.963. The third-order valence-electron chi connectivity index (χ3n) is 2.81. The summed E-state index contributed by atoms with van der Waals surface area (Å²) in [6, 6.07) is 5.93. The summed E-state index contributed by atoms with van der Waals surface area (Å²) >= 11 is 0. The Labute approximate surface area is 106 Å². The van der Waals surface area contributed by atoms with Gasteiger partial charge in [-0.15, -0.1) is 12.4 Å². The molecule has 0 heterocycles. The molecule has 0 spiro atoms. The van der Waals surface area contributed by atoms with Gasteiger partial charge in [-0.2, -0.15) is 0 Å². The average Bonchev–Trinajstić information content (AvgIpc) is 2.25. The Hall–Kier alpha value is -1.26. The number of fused-ring (bicyclic) bond motifs is 1. The van der Waals surface area contributed by atoms with Gasteiger partial charge in [0.15, 0.2) is 6.61 Å². The lowest BCUT2D eigenvalue weighted by Crippen LogP contribution is -2.27. The van der Waals surface area contributed by atoms with Crippen molar-refractivity contribution >= 4 is 18.4 Å². The van der Waals surface area contributed by atoms with Crippen molar-refractivity contribution in [2.45, 2.75) is 25.3 Å². The molecule has 17 heavy (non-hydrogen) atoms. The minimum Gasteiger partial charge on any atom is -0.482 e. The lowest BCUT2D eigenvalue weighted by Gasteiger charge is -2.21. The van der Waals surface area contributed by atoms with E-state index in [0.29, 0.717) is 5.75 Å². The number of hydrogen-bond acceptors (Lipinski definition) is 3. The maximum atomic E-state index is 10.4. The van der Waals surface area contributed by atoms with Crippen molar-refractivity contribution < 1.29 is 14.6 Å². The highest BCUT2D eigenvalue weighted by molar-refractivity contribution is 5.85. The molecule has 0 unspecified atom stereocenters. The molecule has 0 bridgehead atoms. The Morgan fingerprint density at radius 1 is 1.47 bits per heavy atom. The molecule has 4 nitrogen and oxygen atoms in total. The smallest absolute Gasteiger partial charge is 0.341 e. The van der Waals surface area contributed by atoms with Crippen molar-refractivity contribution in [2.75, 3.05) is 6.61 Å². The van der Waals surface area contributed by atoms with Crippen LogP contribution in [0.3, 0.4) is 0 Å². The lowest BCUT2D eigenvalue weighted by molar-refractivity contribution is -0.139. The first-order valence-electron chi connectivity index (χ1n) is 5.37. The van der Waals surface area contributed by atoms with Crippen molar-refractivity contribution in [1.82, 2.24) is 0 Å². The zero-order valence-electron chi connectivity index (χ0n) is 9.39. The molecule has 0 aromatic heterocycles. The van der Waals surface area contributed by atoms with E-state index in [1.165, 1.54) is 11.1 Å². The summed E-state index contributed by atoms with van der Waals surface area (Å²) in [5.41, 5.74) is 8.36. The molecule has 1 atom stereocenters. The van der Waals surface area contributed by atoms with Gasteiger partial charge in [-0.25, -0.2) is 4.79 Å². The van der Waals surface area contributed by atoms with Gasteiger partial charge < -0.3 is 15.6 Å². The standard InChI is InChI=1S/C12H15NO3.ClH/c13-10-3-1-8-2-4-11(6-9(8)5-10)16-7-12(14)15;/h2,4,6,10H,1,3,5,7,13H2,(H,14,15);1H/t10-;/m0./s1. The third kappa shape index (κ3) is 3.61. The van der Waals surface area contributed by atoms with Gasteiger partial charge in [0.1, 0.15) is 5.75 Å². The summed E-state index contributed by atoms with van der Waals surface area (Å²) in [5.74, 6) is -0.357. The quantitative estimate of drug-likeness (QED) is 0.858. The van der Waals surface area contributed by atoms with E-state index in [9.17, 15) is 4.79 Å². The minimum absolute atomic E-state index is 0. The molecule has 1 aromatic carbocycles. The highest BCUT2D eigenvalue weighted by atomic mass is 35.5. The molecule has 0 radical (unpaired) electrons. The van der Waals surface area contributed by atoms with Gasteiger partial charge in [-0.05, 0) is 42.5 Å². The van der Waals surface area contributed by atoms with E-state index >= 15 is 0 Å². The van der Waals surface area contributed by atoms with E-state index in [-0.39, 0.29) is 25.1 Å². The largest absolute Gasteiger partial charge is 0.482 e. The fraction of sp³-hybridized carbons (Fsp3) is 0.417. The van der Waals surface area contributed by atoms with Crippen LogP contribution in [0.4, 0.5) is 0 Å². The molecule has 1 aromatic rings. The van der Waals surface area contributed by atoms with Gasteiger partial charge in [0, 0.05) is 6.04 Å². The number of ether oxygens (including phenoxy) is 1. The molecule has 1 aliphatic rings. The summed E-state index contributed by atoms with van der Waals surface area (Å²) in [6.45, 7) is -0.301. The van der Waals surface area contributed by atoms with Crippen LogP contribution in [0.25, 0.3) is 0 Å². The van der Waals surface area contributed by atoms with Crippen LogP contribution < -0.4 is 10.5 Å². The number of hydrogen-bond donors (Lipinski definition) is 2. The molecule has 1 aliphatic carbocycles.